The van der Waals surface area contributed by atoms with Gasteiger partial charge in [-0.1, -0.05) is 0 Å². The molecule has 0 aliphatic carbocycles. The Balaban J connectivity index is 2.10. The molecule has 2 rings (SSSR count). The summed E-state index contributed by atoms with van der Waals surface area (Å²) in [4.78, 5) is 25.4. The number of hydrogen-bond donors (Lipinski definition) is 0. The zero-order valence-corrected chi connectivity index (χ0v) is 13.5. The molecule has 23 heavy (non-hydrogen) atoms. The van der Waals surface area contributed by atoms with E-state index in [0.717, 1.165) is 23.0 Å². The first-order valence-electron chi connectivity index (χ1n) is 6.86. The van der Waals surface area contributed by atoms with E-state index in [1.165, 1.54) is 23.9 Å². The second-order valence-electron chi connectivity index (χ2n) is 5.04. The summed E-state index contributed by atoms with van der Waals surface area (Å²) >= 11 is 1.30. The molecule has 0 radical (unpaired) electrons. The van der Waals surface area contributed by atoms with E-state index in [1.807, 2.05) is 26.0 Å². The van der Waals surface area contributed by atoms with Crippen molar-refractivity contribution in [3.63, 3.8) is 0 Å². The number of hydrogen-bond acceptors (Lipinski definition) is 6. The number of non-ortho nitro benzene ring substituents is 1. The Hall–Kier alpha value is -2.48. The van der Waals surface area contributed by atoms with E-state index in [2.05, 4.69) is 4.98 Å². The molecule has 0 unspecified atom stereocenters. The van der Waals surface area contributed by atoms with Gasteiger partial charge in [0.05, 0.1) is 20.8 Å². The lowest BCUT2D eigenvalue weighted by Crippen LogP contribution is -1.98. The standard InChI is InChI=1S/C15H15N3O4S/c1-10-7-11(2)16-12(8-10)5-6-23-15-4-3-13(17(19)20)9-14(15)18(21)22/h3-4,7-9H,5-6H2,1-2H3. The van der Waals surface area contributed by atoms with E-state index in [-0.39, 0.29) is 11.4 Å². The van der Waals surface area contributed by atoms with Gasteiger partial charge in [0.2, 0.25) is 0 Å². The van der Waals surface area contributed by atoms with Gasteiger partial charge < -0.3 is 0 Å². The third-order valence-corrected chi connectivity index (χ3v) is 4.18. The zero-order valence-electron chi connectivity index (χ0n) is 12.7. The fraction of sp³-hybridized carbons (Fsp3) is 0.267. The van der Waals surface area contributed by atoms with Crippen molar-refractivity contribution >= 4 is 23.1 Å². The Kier molecular flexibility index (Phi) is 5.28. The number of rotatable bonds is 6. The highest BCUT2D eigenvalue weighted by Crippen LogP contribution is 2.32. The molecular weight excluding hydrogens is 318 g/mol. The highest BCUT2D eigenvalue weighted by atomic mass is 32.2. The van der Waals surface area contributed by atoms with E-state index in [1.54, 1.807) is 0 Å². The maximum atomic E-state index is 11.1. The molecule has 0 bridgehead atoms. The quantitative estimate of drug-likeness (QED) is 0.452. The van der Waals surface area contributed by atoms with Gasteiger partial charge in [0, 0.05) is 23.2 Å². The summed E-state index contributed by atoms with van der Waals surface area (Å²) < 4.78 is 0. The van der Waals surface area contributed by atoms with E-state index in [9.17, 15) is 20.2 Å². The van der Waals surface area contributed by atoms with Crippen LogP contribution in [0.2, 0.25) is 0 Å². The van der Waals surface area contributed by atoms with Crippen LogP contribution in [0.5, 0.6) is 0 Å². The number of pyridine rings is 1. The van der Waals surface area contributed by atoms with Crippen molar-refractivity contribution in [1.29, 1.82) is 0 Å². The lowest BCUT2D eigenvalue weighted by atomic mass is 10.2. The normalized spacial score (nSPS) is 10.5. The second-order valence-corrected chi connectivity index (χ2v) is 6.18. The van der Waals surface area contributed by atoms with Crippen molar-refractivity contribution in [3.05, 3.63) is 67.5 Å². The molecule has 1 aromatic heterocycles. The number of nitro benzene ring substituents is 2. The minimum atomic E-state index is -0.638. The molecule has 0 saturated heterocycles. The smallest absolute Gasteiger partial charge is 0.258 e. The average molecular weight is 333 g/mol. The number of nitro groups is 2. The summed E-state index contributed by atoms with van der Waals surface area (Å²) in [7, 11) is 0. The third kappa shape index (κ3) is 4.49. The zero-order chi connectivity index (χ0) is 17.0. The maximum Gasteiger partial charge on any atom is 0.289 e. The van der Waals surface area contributed by atoms with Gasteiger partial charge in [-0.3, -0.25) is 25.2 Å². The lowest BCUT2D eigenvalue weighted by molar-refractivity contribution is -0.396. The van der Waals surface area contributed by atoms with Crippen LogP contribution in [0.25, 0.3) is 0 Å². The molecule has 0 atom stereocenters. The molecule has 0 aliphatic heterocycles. The largest absolute Gasteiger partial charge is 0.289 e. The van der Waals surface area contributed by atoms with Gasteiger partial charge in [-0.15, -0.1) is 11.8 Å². The number of thioether (sulfide) groups is 1. The summed E-state index contributed by atoms with van der Waals surface area (Å²) in [6, 6.07) is 7.67. The highest BCUT2D eigenvalue weighted by molar-refractivity contribution is 7.99. The van der Waals surface area contributed by atoms with Gasteiger partial charge in [-0.25, -0.2) is 0 Å². The van der Waals surface area contributed by atoms with Crippen LogP contribution >= 0.6 is 11.8 Å². The van der Waals surface area contributed by atoms with Crippen molar-refractivity contribution in [1.82, 2.24) is 4.98 Å². The fourth-order valence-corrected chi connectivity index (χ4v) is 3.18. The second kappa shape index (κ2) is 7.19. The summed E-state index contributed by atoms with van der Waals surface area (Å²) in [5.41, 5.74) is 2.47. The highest BCUT2D eigenvalue weighted by Gasteiger charge is 2.19. The molecule has 0 aliphatic rings. The van der Waals surface area contributed by atoms with Crippen LogP contribution in [-0.2, 0) is 6.42 Å². The number of nitrogens with zero attached hydrogens (tertiary/aromatic N) is 3. The first kappa shape index (κ1) is 16.9. The van der Waals surface area contributed by atoms with Gasteiger partial charge in [0.25, 0.3) is 11.4 Å². The van der Waals surface area contributed by atoms with Crippen LogP contribution in [0, 0.1) is 34.1 Å². The summed E-state index contributed by atoms with van der Waals surface area (Å²) in [5, 5.41) is 21.8. The lowest BCUT2D eigenvalue weighted by Gasteiger charge is -2.05. The fourth-order valence-electron chi connectivity index (χ4n) is 2.20. The van der Waals surface area contributed by atoms with Crippen molar-refractivity contribution < 1.29 is 9.85 Å². The molecule has 7 nitrogen and oxygen atoms in total. The summed E-state index contributed by atoms with van der Waals surface area (Å²) in [6.07, 6.45) is 0.668. The molecule has 0 saturated carbocycles. The Morgan fingerprint density at radius 2 is 1.83 bits per heavy atom. The van der Waals surface area contributed by atoms with Gasteiger partial charge in [-0.05, 0) is 44.0 Å². The minimum absolute atomic E-state index is 0.238. The van der Waals surface area contributed by atoms with E-state index in [0.29, 0.717) is 17.1 Å². The van der Waals surface area contributed by atoms with Gasteiger partial charge >= 0.3 is 0 Å². The van der Waals surface area contributed by atoms with Crippen molar-refractivity contribution in [2.24, 2.45) is 0 Å². The molecule has 1 heterocycles. The monoisotopic (exact) mass is 333 g/mol. The number of aromatic nitrogens is 1. The van der Waals surface area contributed by atoms with Crippen LogP contribution in [0.15, 0.2) is 35.2 Å². The molecule has 2 aromatic rings. The maximum absolute atomic E-state index is 11.1. The van der Waals surface area contributed by atoms with Crippen LogP contribution in [0.4, 0.5) is 11.4 Å². The Morgan fingerprint density at radius 3 is 2.43 bits per heavy atom. The predicted molar refractivity (Wildman–Crippen MR) is 87.9 cm³/mol. The SMILES string of the molecule is Cc1cc(C)nc(CCSc2ccc([N+](=O)[O-])cc2[N+](=O)[O-])c1. The first-order chi connectivity index (χ1) is 10.9. The molecule has 1 aromatic carbocycles. The Bertz CT molecular complexity index is 744. The van der Waals surface area contributed by atoms with E-state index < -0.39 is 9.85 Å². The number of aryl methyl sites for hydroxylation is 3. The van der Waals surface area contributed by atoms with Crippen molar-refractivity contribution in [2.45, 2.75) is 25.2 Å². The molecule has 8 heteroatoms. The van der Waals surface area contributed by atoms with E-state index >= 15 is 0 Å². The van der Waals surface area contributed by atoms with E-state index in [4.69, 9.17) is 0 Å². The van der Waals surface area contributed by atoms with Crippen LogP contribution in [0.1, 0.15) is 17.0 Å². The van der Waals surface area contributed by atoms with Crippen molar-refractivity contribution in [2.75, 3.05) is 5.75 Å². The molecular formula is C15H15N3O4S. The molecule has 0 N–H and O–H groups in total. The minimum Gasteiger partial charge on any atom is -0.258 e. The van der Waals surface area contributed by atoms with Gasteiger partial charge in [0.15, 0.2) is 0 Å². The Morgan fingerprint density at radius 1 is 1.09 bits per heavy atom. The van der Waals surface area contributed by atoms with Crippen molar-refractivity contribution in [3.8, 4) is 0 Å². The first-order valence-corrected chi connectivity index (χ1v) is 7.85. The molecule has 0 fully saturated rings. The van der Waals surface area contributed by atoms with Gasteiger partial charge in [0.1, 0.15) is 0 Å². The van der Waals surface area contributed by atoms with Crippen LogP contribution in [-0.4, -0.2) is 20.6 Å². The predicted octanol–water partition coefficient (Wildman–Crippen LogP) is 3.85. The molecule has 120 valence electrons. The average Bonchev–Trinajstić information content (AvgIpc) is 2.46. The Labute approximate surface area is 137 Å². The molecule has 0 spiro atoms. The van der Waals surface area contributed by atoms with Gasteiger partial charge in [-0.2, -0.15) is 0 Å². The number of benzene rings is 1. The van der Waals surface area contributed by atoms with Crippen LogP contribution in [0.3, 0.4) is 0 Å². The molecule has 0 amide bonds. The summed E-state index contributed by atoms with van der Waals surface area (Å²) in [5.74, 6) is 0.606. The summed E-state index contributed by atoms with van der Waals surface area (Å²) in [6.45, 7) is 3.91. The van der Waals surface area contributed by atoms with Crippen LogP contribution < -0.4 is 0 Å². The third-order valence-electron chi connectivity index (χ3n) is 3.12. The topological polar surface area (TPSA) is 99.2 Å².